The fourth-order valence-electron chi connectivity index (χ4n) is 1.42. The van der Waals surface area contributed by atoms with Gasteiger partial charge in [-0.15, -0.1) is 0 Å². The summed E-state index contributed by atoms with van der Waals surface area (Å²) in [6.45, 7) is 2.82. The molecule has 0 saturated heterocycles. The molecule has 94 valence electrons. The van der Waals surface area contributed by atoms with Gasteiger partial charge in [0, 0.05) is 32.6 Å². The van der Waals surface area contributed by atoms with Crippen molar-refractivity contribution in [3.8, 4) is 0 Å². The third-order valence-electron chi connectivity index (χ3n) is 2.63. The van der Waals surface area contributed by atoms with Crippen molar-refractivity contribution in [1.29, 1.82) is 0 Å². The lowest BCUT2D eigenvalue weighted by Gasteiger charge is -2.13. The number of rotatable bonds is 6. The van der Waals surface area contributed by atoms with E-state index in [1.807, 2.05) is 13.0 Å². The first kappa shape index (κ1) is 13.6. The van der Waals surface area contributed by atoms with Crippen molar-refractivity contribution in [2.45, 2.75) is 26.0 Å². The van der Waals surface area contributed by atoms with Gasteiger partial charge in [-0.2, -0.15) is 0 Å². The Kier molecular flexibility index (Phi) is 5.59. The molecule has 0 bridgehead atoms. The van der Waals surface area contributed by atoms with E-state index in [-0.39, 0.29) is 18.4 Å². The van der Waals surface area contributed by atoms with Gasteiger partial charge in [0.05, 0.1) is 12.5 Å². The van der Waals surface area contributed by atoms with Gasteiger partial charge in [0.15, 0.2) is 0 Å². The molecule has 5 heteroatoms. The molecule has 1 atom stereocenters. The van der Waals surface area contributed by atoms with Crippen molar-refractivity contribution < 1.29 is 9.53 Å². The van der Waals surface area contributed by atoms with Gasteiger partial charge in [-0.25, -0.2) is 0 Å². The molecule has 0 saturated carbocycles. The zero-order chi connectivity index (χ0) is 12.7. The van der Waals surface area contributed by atoms with Crippen LogP contribution in [-0.2, 0) is 16.1 Å². The summed E-state index contributed by atoms with van der Waals surface area (Å²) in [5.74, 6) is -0.0643. The number of hydrogen-bond acceptors (Lipinski definition) is 4. The molecule has 0 radical (unpaired) electrons. The molecular weight excluding hydrogens is 218 g/mol. The first-order valence-corrected chi connectivity index (χ1v) is 5.56. The maximum Gasteiger partial charge on any atom is 0.222 e. The van der Waals surface area contributed by atoms with Crippen LogP contribution >= 0.6 is 0 Å². The number of aromatic nitrogens is 1. The second kappa shape index (κ2) is 6.98. The average Bonchev–Trinajstić information content (AvgIpc) is 2.35. The predicted molar refractivity (Wildman–Crippen MR) is 65.3 cm³/mol. The van der Waals surface area contributed by atoms with Crippen molar-refractivity contribution in [3.05, 3.63) is 29.6 Å². The Morgan fingerprint density at radius 2 is 2.41 bits per heavy atom. The zero-order valence-corrected chi connectivity index (χ0v) is 10.3. The summed E-state index contributed by atoms with van der Waals surface area (Å²) < 4.78 is 5.05. The van der Waals surface area contributed by atoms with Crippen LogP contribution in [0.3, 0.4) is 0 Å². The molecule has 17 heavy (non-hydrogen) atoms. The average molecular weight is 237 g/mol. The lowest BCUT2D eigenvalue weighted by Crippen LogP contribution is -2.32. The number of nitrogens with one attached hydrogen (secondary N) is 1. The summed E-state index contributed by atoms with van der Waals surface area (Å²) in [7, 11) is 1.55. The molecule has 0 aromatic carbocycles. The predicted octanol–water partition coefficient (Wildman–Crippen LogP) is 0.370. The lowest BCUT2D eigenvalue weighted by atomic mass is 10.1. The number of ether oxygens (including phenoxy) is 1. The smallest absolute Gasteiger partial charge is 0.222 e. The van der Waals surface area contributed by atoms with Gasteiger partial charge in [0.2, 0.25) is 5.91 Å². The van der Waals surface area contributed by atoms with E-state index in [1.165, 1.54) is 0 Å². The molecule has 5 nitrogen and oxygen atoms in total. The normalized spacial score (nSPS) is 12.2. The van der Waals surface area contributed by atoms with Gasteiger partial charge in [-0.05, 0) is 24.1 Å². The summed E-state index contributed by atoms with van der Waals surface area (Å²) in [6, 6.07) is 1.92. The Morgan fingerprint density at radius 1 is 1.65 bits per heavy atom. The molecular formula is C12H19N3O2. The van der Waals surface area contributed by atoms with Gasteiger partial charge in [-0.3, -0.25) is 9.78 Å². The zero-order valence-electron chi connectivity index (χ0n) is 10.3. The molecule has 0 aliphatic rings. The lowest BCUT2D eigenvalue weighted by molar-refractivity contribution is -0.123. The highest BCUT2D eigenvalue weighted by Crippen LogP contribution is 2.04. The van der Waals surface area contributed by atoms with Gasteiger partial charge in [0.1, 0.15) is 0 Å². The summed E-state index contributed by atoms with van der Waals surface area (Å²) in [5.41, 5.74) is 7.58. The Labute approximate surface area is 101 Å². The Hall–Kier alpha value is -1.46. The molecule has 3 N–H and O–H groups in total. The van der Waals surface area contributed by atoms with E-state index in [4.69, 9.17) is 10.5 Å². The molecule has 1 unspecified atom stereocenters. The fourth-order valence-corrected chi connectivity index (χ4v) is 1.42. The summed E-state index contributed by atoms with van der Waals surface area (Å²) in [5, 5.41) is 2.82. The summed E-state index contributed by atoms with van der Waals surface area (Å²) in [6.07, 6.45) is 3.55. The summed E-state index contributed by atoms with van der Waals surface area (Å²) >= 11 is 0. The monoisotopic (exact) mass is 237 g/mol. The maximum atomic E-state index is 11.6. The highest BCUT2D eigenvalue weighted by Gasteiger charge is 2.11. The van der Waals surface area contributed by atoms with Crippen LogP contribution < -0.4 is 11.1 Å². The molecule has 0 aliphatic heterocycles. The van der Waals surface area contributed by atoms with Crippen LogP contribution in [0, 0.1) is 6.92 Å². The fraction of sp³-hybridized carbons (Fsp3) is 0.500. The van der Waals surface area contributed by atoms with E-state index in [9.17, 15) is 4.79 Å². The minimum Gasteiger partial charge on any atom is -0.380 e. The van der Waals surface area contributed by atoms with Crippen molar-refractivity contribution in [2.24, 2.45) is 5.73 Å². The van der Waals surface area contributed by atoms with Gasteiger partial charge >= 0.3 is 0 Å². The third kappa shape index (κ3) is 4.50. The van der Waals surface area contributed by atoms with Crippen molar-refractivity contribution in [1.82, 2.24) is 10.3 Å². The van der Waals surface area contributed by atoms with E-state index in [0.29, 0.717) is 13.1 Å². The Balaban J connectivity index is 2.41. The minimum atomic E-state index is -0.218. The highest BCUT2D eigenvalue weighted by molar-refractivity contribution is 5.76. The highest BCUT2D eigenvalue weighted by atomic mass is 16.5. The largest absolute Gasteiger partial charge is 0.380 e. The van der Waals surface area contributed by atoms with Crippen LogP contribution in [0.1, 0.15) is 17.5 Å². The molecule has 0 spiro atoms. The van der Waals surface area contributed by atoms with Gasteiger partial charge < -0.3 is 15.8 Å². The topological polar surface area (TPSA) is 77.2 Å². The van der Waals surface area contributed by atoms with Crippen LogP contribution in [0.5, 0.6) is 0 Å². The van der Waals surface area contributed by atoms with E-state index < -0.39 is 0 Å². The number of nitrogens with zero attached hydrogens (tertiary/aromatic N) is 1. The number of hydrogen-bond donors (Lipinski definition) is 2. The van der Waals surface area contributed by atoms with Crippen molar-refractivity contribution >= 4 is 5.91 Å². The van der Waals surface area contributed by atoms with E-state index >= 15 is 0 Å². The van der Waals surface area contributed by atoms with Crippen molar-refractivity contribution in [3.63, 3.8) is 0 Å². The quantitative estimate of drug-likeness (QED) is 0.749. The molecule has 0 fully saturated rings. The number of methoxy groups -OCH3 is 1. The molecule has 1 rings (SSSR count). The minimum absolute atomic E-state index is 0.0643. The van der Waals surface area contributed by atoms with Crippen LogP contribution in [0.15, 0.2) is 18.5 Å². The van der Waals surface area contributed by atoms with Crippen molar-refractivity contribution in [2.75, 3.05) is 13.7 Å². The first-order chi connectivity index (χ1) is 8.17. The first-order valence-electron chi connectivity index (χ1n) is 5.56. The maximum absolute atomic E-state index is 11.6. The molecule has 1 amide bonds. The Morgan fingerprint density at radius 3 is 3.00 bits per heavy atom. The number of aryl methyl sites for hydroxylation is 1. The second-order valence-electron chi connectivity index (χ2n) is 3.88. The van der Waals surface area contributed by atoms with Gasteiger partial charge in [-0.1, -0.05) is 0 Å². The number of carbonyl (C=O) groups excluding carboxylic acids is 1. The van der Waals surface area contributed by atoms with E-state index in [0.717, 1.165) is 11.1 Å². The number of amides is 1. The third-order valence-corrected chi connectivity index (χ3v) is 2.63. The molecule has 1 aromatic heterocycles. The SMILES string of the molecule is COC(CN)CC(=O)NCc1cnccc1C. The van der Waals surface area contributed by atoms with Crippen LogP contribution in [0.25, 0.3) is 0 Å². The van der Waals surface area contributed by atoms with Gasteiger partial charge in [0.25, 0.3) is 0 Å². The number of carbonyl (C=O) groups is 1. The molecule has 1 heterocycles. The molecule has 0 aliphatic carbocycles. The van der Waals surface area contributed by atoms with Crippen LogP contribution in [0.2, 0.25) is 0 Å². The summed E-state index contributed by atoms with van der Waals surface area (Å²) in [4.78, 5) is 15.6. The molecule has 1 aromatic rings. The number of pyridine rings is 1. The standard InChI is InChI=1S/C12H19N3O2/c1-9-3-4-14-7-10(9)8-15-12(16)5-11(6-13)17-2/h3-4,7,11H,5-6,8,13H2,1-2H3,(H,15,16). The second-order valence-corrected chi connectivity index (χ2v) is 3.88. The number of nitrogens with two attached hydrogens (primary N) is 1. The Bertz CT molecular complexity index is 365. The van der Waals surface area contributed by atoms with Crippen LogP contribution in [0.4, 0.5) is 0 Å². The van der Waals surface area contributed by atoms with E-state index in [1.54, 1.807) is 19.5 Å². The van der Waals surface area contributed by atoms with Crippen LogP contribution in [-0.4, -0.2) is 30.6 Å². The van der Waals surface area contributed by atoms with E-state index in [2.05, 4.69) is 10.3 Å².